The molecule has 0 heterocycles. The molecule has 0 nitrogen and oxygen atoms in total. The summed E-state index contributed by atoms with van der Waals surface area (Å²) in [5.41, 5.74) is 13.0. The van der Waals surface area contributed by atoms with Crippen LogP contribution in [0.15, 0.2) is 170 Å². The monoisotopic (exact) mass is 622 g/mol. The van der Waals surface area contributed by atoms with Crippen LogP contribution in [0.4, 0.5) is 0 Å². The molecule has 0 N–H and O–H groups in total. The Morgan fingerprint density at radius 3 is 1.71 bits per heavy atom. The van der Waals surface area contributed by atoms with Crippen molar-refractivity contribution in [1.82, 2.24) is 0 Å². The van der Waals surface area contributed by atoms with E-state index in [0.717, 1.165) is 0 Å². The minimum Gasteiger partial charge on any atom is -0.0622 e. The number of benzene rings is 9. The summed E-state index contributed by atoms with van der Waals surface area (Å²) in [7, 11) is 0. The van der Waals surface area contributed by atoms with Gasteiger partial charge in [-0.3, -0.25) is 0 Å². The van der Waals surface area contributed by atoms with Crippen molar-refractivity contribution in [3.05, 3.63) is 181 Å². The van der Waals surface area contributed by atoms with Crippen LogP contribution in [-0.4, -0.2) is 0 Å². The summed E-state index contributed by atoms with van der Waals surface area (Å²) in [4.78, 5) is 0. The lowest BCUT2D eigenvalue weighted by atomic mass is 9.81. The Morgan fingerprint density at radius 2 is 0.918 bits per heavy atom. The van der Waals surface area contributed by atoms with Crippen molar-refractivity contribution >= 4 is 43.1 Å². The van der Waals surface area contributed by atoms with Gasteiger partial charge in [0.15, 0.2) is 0 Å². The highest BCUT2D eigenvalue weighted by Crippen LogP contribution is 2.52. The van der Waals surface area contributed by atoms with Gasteiger partial charge in [0.25, 0.3) is 0 Å². The molecular formula is C49H34. The van der Waals surface area contributed by atoms with E-state index in [-0.39, 0.29) is 5.41 Å². The Bertz CT molecular complexity index is 2780. The van der Waals surface area contributed by atoms with Gasteiger partial charge < -0.3 is 0 Å². The third-order valence-electron chi connectivity index (χ3n) is 11.0. The summed E-state index contributed by atoms with van der Waals surface area (Å²) in [6, 6.07) is 63.1. The second-order valence-electron chi connectivity index (χ2n) is 14.0. The Balaban J connectivity index is 1.22. The zero-order valence-electron chi connectivity index (χ0n) is 27.7. The highest BCUT2D eigenvalue weighted by atomic mass is 14.4. The molecule has 0 heteroatoms. The first kappa shape index (κ1) is 28.1. The first-order valence-corrected chi connectivity index (χ1v) is 17.3. The second-order valence-corrected chi connectivity index (χ2v) is 14.0. The van der Waals surface area contributed by atoms with E-state index in [9.17, 15) is 0 Å². The van der Waals surface area contributed by atoms with E-state index in [1.54, 1.807) is 0 Å². The second kappa shape index (κ2) is 10.5. The predicted octanol–water partition coefficient (Wildman–Crippen LogP) is 13.6. The van der Waals surface area contributed by atoms with E-state index in [0.29, 0.717) is 0 Å². The van der Waals surface area contributed by atoms with E-state index in [1.165, 1.54) is 98.7 Å². The molecule has 0 spiro atoms. The number of rotatable bonds is 3. The van der Waals surface area contributed by atoms with E-state index >= 15 is 0 Å². The molecule has 1 aliphatic rings. The molecule has 0 amide bonds. The fourth-order valence-electron chi connectivity index (χ4n) is 8.70. The van der Waals surface area contributed by atoms with Crippen LogP contribution in [0.3, 0.4) is 0 Å². The van der Waals surface area contributed by atoms with Gasteiger partial charge in [-0.1, -0.05) is 172 Å². The Hall–Kier alpha value is -5.98. The minimum atomic E-state index is -0.0824. The molecule has 0 saturated carbocycles. The summed E-state index contributed by atoms with van der Waals surface area (Å²) in [6.07, 6.45) is 0. The van der Waals surface area contributed by atoms with Crippen LogP contribution in [-0.2, 0) is 5.41 Å². The molecule has 0 fully saturated rings. The van der Waals surface area contributed by atoms with Gasteiger partial charge in [0.2, 0.25) is 0 Å². The van der Waals surface area contributed by atoms with Gasteiger partial charge in [0, 0.05) is 5.41 Å². The lowest BCUT2D eigenvalue weighted by molar-refractivity contribution is 0.661. The van der Waals surface area contributed by atoms with Crippen molar-refractivity contribution in [2.75, 3.05) is 0 Å². The summed E-state index contributed by atoms with van der Waals surface area (Å²) >= 11 is 0. The van der Waals surface area contributed by atoms with Crippen molar-refractivity contribution in [2.45, 2.75) is 19.3 Å². The van der Waals surface area contributed by atoms with Crippen LogP contribution in [0.25, 0.3) is 87.6 Å². The van der Waals surface area contributed by atoms with Crippen molar-refractivity contribution in [3.8, 4) is 44.5 Å². The fourth-order valence-corrected chi connectivity index (χ4v) is 8.70. The standard InChI is InChI=1S/C49H34/c1-49(2)43-28-25-32-14-6-8-19-37(32)47(43)41-26-24-35(30-44(41)49)34-17-12-18-36(29-34)46-40-22-11-10-21-39(40)45(33-15-4-3-5-16-33)42-27-23-31-13-7-9-20-38(31)48(42)46/h3-30H,1-2H3. The highest BCUT2D eigenvalue weighted by Gasteiger charge is 2.36. The molecule has 230 valence electrons. The molecule has 49 heavy (non-hydrogen) atoms. The van der Waals surface area contributed by atoms with Crippen LogP contribution in [0.2, 0.25) is 0 Å². The van der Waals surface area contributed by atoms with Crippen molar-refractivity contribution in [2.24, 2.45) is 0 Å². The molecule has 0 unspecified atom stereocenters. The predicted molar refractivity (Wildman–Crippen MR) is 210 cm³/mol. The van der Waals surface area contributed by atoms with Gasteiger partial charge in [-0.15, -0.1) is 0 Å². The lowest BCUT2D eigenvalue weighted by Gasteiger charge is -2.22. The molecule has 0 atom stereocenters. The Labute approximate surface area is 286 Å². The molecule has 9 aromatic rings. The van der Waals surface area contributed by atoms with Gasteiger partial charge in [-0.2, -0.15) is 0 Å². The van der Waals surface area contributed by atoms with Crippen molar-refractivity contribution in [3.63, 3.8) is 0 Å². The van der Waals surface area contributed by atoms with Crippen molar-refractivity contribution in [1.29, 1.82) is 0 Å². The topological polar surface area (TPSA) is 0 Å². The minimum absolute atomic E-state index is 0.0824. The quantitative estimate of drug-likeness (QED) is 0.136. The Kier molecular flexibility index (Phi) is 6.02. The van der Waals surface area contributed by atoms with Crippen LogP contribution in [0.1, 0.15) is 25.0 Å². The SMILES string of the molecule is CC1(C)c2cc(-c3cccc(-c4c5ccccc5c(-c5ccccc5)c5ccc6ccccc6c45)c3)ccc2-c2c1ccc1ccccc21. The van der Waals surface area contributed by atoms with Crippen molar-refractivity contribution < 1.29 is 0 Å². The molecule has 0 aliphatic heterocycles. The van der Waals surface area contributed by atoms with Crippen LogP contribution < -0.4 is 0 Å². The van der Waals surface area contributed by atoms with Gasteiger partial charge in [-0.05, 0) is 111 Å². The van der Waals surface area contributed by atoms with Crippen LogP contribution >= 0.6 is 0 Å². The molecule has 0 bridgehead atoms. The molecule has 0 radical (unpaired) electrons. The average molecular weight is 623 g/mol. The molecular weight excluding hydrogens is 589 g/mol. The van der Waals surface area contributed by atoms with Gasteiger partial charge in [-0.25, -0.2) is 0 Å². The van der Waals surface area contributed by atoms with Gasteiger partial charge in [0.1, 0.15) is 0 Å². The molecule has 0 aromatic heterocycles. The maximum atomic E-state index is 2.45. The summed E-state index contributed by atoms with van der Waals surface area (Å²) in [5, 5.41) is 10.3. The van der Waals surface area contributed by atoms with E-state index < -0.39 is 0 Å². The average Bonchev–Trinajstić information content (AvgIpc) is 3.39. The van der Waals surface area contributed by atoms with Gasteiger partial charge >= 0.3 is 0 Å². The third kappa shape index (κ3) is 4.11. The molecule has 10 rings (SSSR count). The first-order chi connectivity index (χ1) is 24.1. The van der Waals surface area contributed by atoms with Crippen LogP contribution in [0, 0.1) is 0 Å². The van der Waals surface area contributed by atoms with Crippen LogP contribution in [0.5, 0.6) is 0 Å². The summed E-state index contributed by atoms with van der Waals surface area (Å²) in [5.74, 6) is 0. The van der Waals surface area contributed by atoms with E-state index in [1.807, 2.05) is 0 Å². The Morgan fingerprint density at radius 1 is 0.327 bits per heavy atom. The zero-order valence-corrected chi connectivity index (χ0v) is 27.7. The third-order valence-corrected chi connectivity index (χ3v) is 11.0. The number of hydrogen-bond acceptors (Lipinski definition) is 0. The highest BCUT2D eigenvalue weighted by molar-refractivity contribution is 6.28. The number of fused-ring (bicyclic) bond motifs is 9. The number of hydrogen-bond donors (Lipinski definition) is 0. The molecule has 0 saturated heterocycles. The normalized spacial score (nSPS) is 13.3. The fraction of sp³-hybridized carbons (Fsp3) is 0.0612. The smallest absolute Gasteiger partial charge is 0.0159 e. The van der Waals surface area contributed by atoms with E-state index in [2.05, 4.69) is 184 Å². The lowest BCUT2D eigenvalue weighted by Crippen LogP contribution is -2.15. The first-order valence-electron chi connectivity index (χ1n) is 17.3. The van der Waals surface area contributed by atoms with E-state index in [4.69, 9.17) is 0 Å². The molecule has 1 aliphatic carbocycles. The maximum Gasteiger partial charge on any atom is 0.0159 e. The maximum absolute atomic E-state index is 2.45. The largest absolute Gasteiger partial charge is 0.0622 e. The molecule has 9 aromatic carbocycles. The zero-order chi connectivity index (χ0) is 32.7. The summed E-state index contributed by atoms with van der Waals surface area (Å²) < 4.78 is 0. The summed E-state index contributed by atoms with van der Waals surface area (Å²) in [6.45, 7) is 4.76. The van der Waals surface area contributed by atoms with Gasteiger partial charge in [0.05, 0.1) is 0 Å².